The molecular weight excluding hydrogens is 503 g/mol. The summed E-state index contributed by atoms with van der Waals surface area (Å²) in [5, 5.41) is 10.2. The summed E-state index contributed by atoms with van der Waals surface area (Å²) in [5.41, 5.74) is 7.10. The minimum Gasteiger partial charge on any atom is -0.491 e. The molecule has 5 rings (SSSR count). The molecule has 0 unspecified atom stereocenters. The fraction of sp³-hybridized carbons (Fsp3) is 0.346. The molecule has 2 aromatic carbocycles. The fourth-order valence-electron chi connectivity index (χ4n) is 5.18. The van der Waals surface area contributed by atoms with E-state index in [0.29, 0.717) is 39.2 Å². The van der Waals surface area contributed by atoms with Gasteiger partial charge in [0.25, 0.3) is 5.91 Å². The van der Waals surface area contributed by atoms with Crippen LogP contribution < -0.4 is 10.5 Å². The summed E-state index contributed by atoms with van der Waals surface area (Å²) in [7, 11) is 0. The first kappa shape index (κ1) is 25.0. The number of fused-ring (bicyclic) bond motifs is 2. The van der Waals surface area contributed by atoms with Gasteiger partial charge >= 0.3 is 6.03 Å². The first-order valence-electron chi connectivity index (χ1n) is 12.0. The van der Waals surface area contributed by atoms with Gasteiger partial charge in [0.15, 0.2) is 0 Å². The lowest BCUT2D eigenvalue weighted by Crippen LogP contribution is -2.47. The van der Waals surface area contributed by atoms with Gasteiger partial charge in [0.1, 0.15) is 18.4 Å². The number of nitrogens with two attached hydrogens (primary N) is 1. The van der Waals surface area contributed by atoms with E-state index >= 15 is 0 Å². The quantitative estimate of drug-likeness (QED) is 0.436. The van der Waals surface area contributed by atoms with E-state index in [1.54, 1.807) is 42.5 Å². The van der Waals surface area contributed by atoms with E-state index in [1.165, 1.54) is 15.7 Å². The number of aliphatic hydroxyl groups excluding tert-OH is 1. The first-order chi connectivity index (χ1) is 17.8. The van der Waals surface area contributed by atoms with Crippen molar-refractivity contribution in [2.24, 2.45) is 11.7 Å². The zero-order valence-corrected chi connectivity index (χ0v) is 20.6. The van der Waals surface area contributed by atoms with Gasteiger partial charge in [-0.25, -0.2) is 4.79 Å². The summed E-state index contributed by atoms with van der Waals surface area (Å²) in [6, 6.07) is 9.86. The molecule has 9 nitrogen and oxygen atoms in total. The minimum absolute atomic E-state index is 0.0891. The Labute approximate surface area is 217 Å². The number of likely N-dealkylation sites (tertiary alicyclic amines) is 1. The van der Waals surface area contributed by atoms with Gasteiger partial charge in [0.2, 0.25) is 5.91 Å². The molecule has 1 saturated carbocycles. The van der Waals surface area contributed by atoms with Crippen LogP contribution in [-0.2, 0) is 22.6 Å². The number of rotatable bonds is 8. The number of halogens is 2. The van der Waals surface area contributed by atoms with E-state index in [4.69, 9.17) is 27.2 Å². The van der Waals surface area contributed by atoms with Crippen LogP contribution in [0.1, 0.15) is 24.0 Å². The van der Waals surface area contributed by atoms with E-state index in [9.17, 15) is 18.9 Å². The first-order valence-corrected chi connectivity index (χ1v) is 12.3. The van der Waals surface area contributed by atoms with Gasteiger partial charge in [-0.05, 0) is 60.2 Å². The minimum atomic E-state index is -0.895. The highest BCUT2D eigenvalue weighted by atomic mass is 35.5. The Bertz CT molecular complexity index is 1380. The van der Waals surface area contributed by atoms with E-state index in [2.05, 4.69) is 0 Å². The highest BCUT2D eigenvalue weighted by Crippen LogP contribution is 2.48. The molecule has 3 atom stereocenters. The maximum atomic E-state index is 14.9. The second-order valence-corrected chi connectivity index (χ2v) is 9.83. The van der Waals surface area contributed by atoms with Crippen molar-refractivity contribution in [3.8, 4) is 5.75 Å². The molecule has 1 aliphatic carbocycles. The summed E-state index contributed by atoms with van der Waals surface area (Å²) in [6.45, 7) is -0.344. The Morgan fingerprint density at radius 1 is 1.19 bits per heavy atom. The van der Waals surface area contributed by atoms with Crippen molar-refractivity contribution in [3.63, 3.8) is 0 Å². The van der Waals surface area contributed by atoms with Gasteiger partial charge in [-0.15, -0.1) is 0 Å². The van der Waals surface area contributed by atoms with Gasteiger partial charge in [-0.2, -0.15) is 5.12 Å². The smallest absolute Gasteiger partial charge is 0.323 e. The van der Waals surface area contributed by atoms with Crippen molar-refractivity contribution < 1.29 is 28.7 Å². The zero-order chi connectivity index (χ0) is 26.3. The highest BCUT2D eigenvalue weighted by Gasteiger charge is 2.56. The predicted molar refractivity (Wildman–Crippen MR) is 133 cm³/mol. The molecule has 3 aromatic rings. The van der Waals surface area contributed by atoms with E-state index in [1.807, 2.05) is 0 Å². The Kier molecular flexibility index (Phi) is 6.78. The monoisotopic (exact) mass is 528 g/mol. The molecular formula is C26H26ClFN4O5. The average molecular weight is 529 g/mol. The lowest BCUT2D eigenvalue weighted by Gasteiger charge is -2.28. The standard InChI is InChI=1S/C26H26ClFN4O5/c27-18-3-1-2-15(8-18)13-31(28)25(35)23-10-16-9-22(16)32(23)24(34)11-17-14-30(26(29)36)21-5-4-19(12-20(17)21)37-7-6-33/h1-5,8,12,14,16,22-23,33H,6-7,9-11,13H2,(H2,29,36)/t16-,22-,23+/m1/s1. The van der Waals surface area contributed by atoms with Crippen molar-refractivity contribution in [3.05, 3.63) is 64.8 Å². The van der Waals surface area contributed by atoms with Crippen LogP contribution in [0.5, 0.6) is 5.75 Å². The number of aliphatic hydroxyl groups is 1. The largest absolute Gasteiger partial charge is 0.491 e. The van der Waals surface area contributed by atoms with Crippen LogP contribution in [0, 0.1) is 5.92 Å². The van der Waals surface area contributed by atoms with Gasteiger partial charge in [-0.3, -0.25) is 14.2 Å². The van der Waals surface area contributed by atoms with Crippen LogP contribution >= 0.6 is 11.6 Å². The Balaban J connectivity index is 1.37. The van der Waals surface area contributed by atoms with Crippen LogP contribution in [0.25, 0.3) is 10.9 Å². The predicted octanol–water partition coefficient (Wildman–Crippen LogP) is 3.04. The topological polar surface area (TPSA) is 118 Å². The molecule has 2 fully saturated rings. The summed E-state index contributed by atoms with van der Waals surface area (Å²) in [4.78, 5) is 40.0. The maximum Gasteiger partial charge on any atom is 0.323 e. The summed E-state index contributed by atoms with van der Waals surface area (Å²) in [5.74, 6) is -0.463. The van der Waals surface area contributed by atoms with E-state index in [-0.39, 0.29) is 49.2 Å². The van der Waals surface area contributed by atoms with Gasteiger partial charge < -0.3 is 20.5 Å². The Hall–Kier alpha value is -3.63. The SMILES string of the molecule is NC(=O)n1cc(CC(=O)N2[C@@H]3C[C@@H]3C[C@H]2C(=O)N(F)Cc2cccc(Cl)c2)c2cc(OCCO)ccc21. The number of primary amides is 1. The Morgan fingerprint density at radius 2 is 2.00 bits per heavy atom. The van der Waals surface area contributed by atoms with Crippen LogP contribution in [0.15, 0.2) is 48.7 Å². The van der Waals surface area contributed by atoms with Crippen LogP contribution in [0.3, 0.4) is 0 Å². The third-order valence-electron chi connectivity index (χ3n) is 6.92. The normalized spacial score (nSPS) is 20.1. The highest BCUT2D eigenvalue weighted by molar-refractivity contribution is 6.30. The van der Waals surface area contributed by atoms with Gasteiger partial charge in [0.05, 0.1) is 25.1 Å². The molecule has 0 bridgehead atoms. The number of carbonyl (C=O) groups excluding carboxylic acids is 3. The van der Waals surface area contributed by atoms with Crippen molar-refractivity contribution in [1.29, 1.82) is 0 Å². The molecule has 0 radical (unpaired) electrons. The molecule has 3 amide bonds. The average Bonchev–Trinajstić information content (AvgIpc) is 3.38. The molecule has 1 aromatic heterocycles. The van der Waals surface area contributed by atoms with Crippen molar-refractivity contribution in [2.75, 3.05) is 13.2 Å². The second kappa shape index (κ2) is 10.0. The number of ether oxygens (including phenoxy) is 1. The second-order valence-electron chi connectivity index (χ2n) is 9.39. The van der Waals surface area contributed by atoms with Gasteiger partial charge in [0, 0.05) is 22.6 Å². The molecule has 1 saturated heterocycles. The number of hydrogen-bond acceptors (Lipinski definition) is 5. The molecule has 194 valence electrons. The third-order valence-corrected chi connectivity index (χ3v) is 7.16. The van der Waals surface area contributed by atoms with Crippen LogP contribution in [0.4, 0.5) is 9.28 Å². The molecule has 37 heavy (non-hydrogen) atoms. The molecule has 2 heterocycles. The lowest BCUT2D eigenvalue weighted by molar-refractivity contribution is -0.157. The molecule has 2 aliphatic rings. The number of aromatic nitrogens is 1. The number of hydrogen-bond donors (Lipinski definition) is 2. The lowest BCUT2D eigenvalue weighted by atomic mass is 10.1. The molecule has 1 aliphatic heterocycles. The van der Waals surface area contributed by atoms with Gasteiger partial charge in [-0.1, -0.05) is 28.2 Å². The third kappa shape index (κ3) is 4.99. The van der Waals surface area contributed by atoms with Crippen molar-refractivity contribution in [1.82, 2.24) is 14.6 Å². The maximum absolute atomic E-state index is 14.9. The molecule has 11 heteroatoms. The van der Waals surface area contributed by atoms with E-state index in [0.717, 1.165) is 6.42 Å². The summed E-state index contributed by atoms with van der Waals surface area (Å²) >= 11 is 5.97. The number of piperidine rings is 1. The zero-order valence-electron chi connectivity index (χ0n) is 19.8. The van der Waals surface area contributed by atoms with Crippen molar-refractivity contribution >= 4 is 40.3 Å². The Morgan fingerprint density at radius 3 is 2.73 bits per heavy atom. The summed E-state index contributed by atoms with van der Waals surface area (Å²) in [6.07, 6.45) is 2.58. The van der Waals surface area contributed by atoms with Crippen molar-refractivity contribution in [2.45, 2.75) is 37.9 Å². The summed E-state index contributed by atoms with van der Waals surface area (Å²) < 4.78 is 21.7. The number of benzene rings is 2. The fourth-order valence-corrected chi connectivity index (χ4v) is 5.39. The van der Waals surface area contributed by atoms with Crippen LogP contribution in [-0.4, -0.2) is 62.8 Å². The number of carbonyl (C=O) groups is 3. The molecule has 0 spiro atoms. The number of nitrogens with zero attached hydrogens (tertiary/aromatic N) is 3. The van der Waals surface area contributed by atoms with E-state index < -0.39 is 18.0 Å². The molecule has 3 N–H and O–H groups in total. The number of amides is 3. The van der Waals surface area contributed by atoms with Crippen LogP contribution in [0.2, 0.25) is 5.02 Å².